The lowest BCUT2D eigenvalue weighted by atomic mass is 10.3. The minimum Gasteiger partial charge on any atom is -0.281 e. The number of nitrogens with zero attached hydrogens (tertiary/aromatic N) is 1. The highest BCUT2D eigenvalue weighted by Gasteiger charge is 2.06. The number of hydrogen-bond acceptors (Lipinski definition) is 2. The number of benzene rings is 2. The second-order valence-corrected chi connectivity index (χ2v) is 4.15. The molecule has 0 aliphatic carbocycles. The molecule has 0 unspecified atom stereocenters. The van der Waals surface area contributed by atoms with Gasteiger partial charge in [-0.2, -0.15) is 0 Å². The average Bonchev–Trinajstić information content (AvgIpc) is 2.38. The molecule has 80 valence electrons. The van der Waals surface area contributed by atoms with Crippen LogP contribution < -0.4 is 4.31 Å². The summed E-state index contributed by atoms with van der Waals surface area (Å²) in [6, 6.07) is 20.5. The molecule has 0 saturated carbocycles. The molecule has 16 heavy (non-hydrogen) atoms. The molecule has 2 rings (SSSR count). The Morgan fingerprint density at radius 3 is 1.62 bits per heavy atom. The Labute approximate surface area is 101 Å². The van der Waals surface area contributed by atoms with Crippen molar-refractivity contribution < 1.29 is 0 Å². The summed E-state index contributed by atoms with van der Waals surface area (Å²) < 4.78 is 2.15. The molecule has 0 aliphatic rings. The van der Waals surface area contributed by atoms with Crippen molar-refractivity contribution in [2.24, 2.45) is 0 Å². The van der Waals surface area contributed by atoms with Gasteiger partial charge in [-0.25, -0.2) is 0 Å². The molecule has 0 radical (unpaired) electrons. The zero-order valence-electron chi connectivity index (χ0n) is 8.91. The van der Waals surface area contributed by atoms with Gasteiger partial charge in [-0.05, 0) is 41.6 Å². The molecule has 0 aliphatic heterocycles. The van der Waals surface area contributed by atoms with Gasteiger partial charge in [0.1, 0.15) is 0 Å². The highest BCUT2D eigenvalue weighted by atomic mass is 32.2. The van der Waals surface area contributed by atoms with E-state index in [1.54, 1.807) is 11.9 Å². The second-order valence-electron chi connectivity index (χ2n) is 3.24. The molecule has 2 aromatic carbocycles. The van der Waals surface area contributed by atoms with Gasteiger partial charge in [0, 0.05) is 0 Å². The van der Waals surface area contributed by atoms with Gasteiger partial charge in [0.25, 0.3) is 0 Å². The van der Waals surface area contributed by atoms with E-state index in [1.165, 1.54) is 0 Å². The Morgan fingerprint density at radius 2 is 1.25 bits per heavy atom. The number of rotatable bonds is 4. The fourth-order valence-electron chi connectivity index (χ4n) is 1.47. The highest BCUT2D eigenvalue weighted by molar-refractivity contribution is 8.03. The summed E-state index contributed by atoms with van der Waals surface area (Å²) >= 11 is 1.58. The van der Waals surface area contributed by atoms with Crippen LogP contribution in [0, 0.1) is 0 Å². The van der Waals surface area contributed by atoms with E-state index < -0.39 is 0 Å². The van der Waals surface area contributed by atoms with Crippen molar-refractivity contribution in [3.8, 4) is 0 Å². The normalized spacial score (nSPS) is 9.75. The Hall–Kier alpha value is -1.67. The average molecular weight is 227 g/mol. The topological polar surface area (TPSA) is 3.24 Å². The molecular weight excluding hydrogens is 214 g/mol. The molecule has 0 spiro atoms. The number of anilines is 2. The Kier molecular flexibility index (Phi) is 3.67. The van der Waals surface area contributed by atoms with Crippen molar-refractivity contribution >= 4 is 23.3 Å². The monoisotopic (exact) mass is 227 g/mol. The molecule has 0 heterocycles. The SMILES string of the molecule is C=CSN(c1ccccc1)c1ccccc1. The van der Waals surface area contributed by atoms with Gasteiger partial charge in [-0.3, -0.25) is 4.31 Å². The van der Waals surface area contributed by atoms with Gasteiger partial charge in [-0.15, -0.1) is 0 Å². The summed E-state index contributed by atoms with van der Waals surface area (Å²) in [6.07, 6.45) is 0. The maximum atomic E-state index is 3.77. The lowest BCUT2D eigenvalue weighted by Crippen LogP contribution is -2.04. The van der Waals surface area contributed by atoms with E-state index in [0.717, 1.165) is 11.4 Å². The summed E-state index contributed by atoms with van der Waals surface area (Å²) in [5.74, 6) is 0. The molecule has 2 aromatic rings. The van der Waals surface area contributed by atoms with E-state index in [-0.39, 0.29) is 0 Å². The molecule has 2 heteroatoms. The molecule has 0 bridgehead atoms. The third kappa shape index (κ3) is 2.47. The fraction of sp³-hybridized carbons (Fsp3) is 0. The van der Waals surface area contributed by atoms with E-state index in [4.69, 9.17) is 0 Å². The summed E-state index contributed by atoms with van der Waals surface area (Å²) in [7, 11) is 0. The molecule has 0 fully saturated rings. The van der Waals surface area contributed by atoms with Gasteiger partial charge in [0.15, 0.2) is 0 Å². The van der Waals surface area contributed by atoms with Crippen LogP contribution >= 0.6 is 11.9 Å². The minimum atomic E-state index is 1.15. The zero-order chi connectivity index (χ0) is 11.2. The van der Waals surface area contributed by atoms with Crippen LogP contribution in [0.2, 0.25) is 0 Å². The van der Waals surface area contributed by atoms with E-state index in [9.17, 15) is 0 Å². The van der Waals surface area contributed by atoms with Crippen molar-refractivity contribution in [1.82, 2.24) is 0 Å². The van der Waals surface area contributed by atoms with E-state index >= 15 is 0 Å². The van der Waals surface area contributed by atoms with Gasteiger partial charge in [0.05, 0.1) is 11.4 Å². The van der Waals surface area contributed by atoms with Gasteiger partial charge >= 0.3 is 0 Å². The van der Waals surface area contributed by atoms with Crippen LogP contribution in [-0.2, 0) is 0 Å². The number of hydrogen-bond donors (Lipinski definition) is 0. The van der Waals surface area contributed by atoms with Crippen LogP contribution in [0.3, 0.4) is 0 Å². The molecular formula is C14H13NS. The summed E-state index contributed by atoms with van der Waals surface area (Å²) in [4.78, 5) is 0. The van der Waals surface area contributed by atoms with Crippen molar-refractivity contribution in [1.29, 1.82) is 0 Å². The first-order valence-corrected chi connectivity index (χ1v) is 5.93. The molecule has 0 saturated heterocycles. The predicted octanol–water partition coefficient (Wildman–Crippen LogP) is 4.62. The lowest BCUT2D eigenvalue weighted by molar-refractivity contribution is 1.44. The van der Waals surface area contributed by atoms with Gasteiger partial charge in [0.2, 0.25) is 0 Å². The maximum Gasteiger partial charge on any atom is 0.0528 e. The Morgan fingerprint density at radius 1 is 0.812 bits per heavy atom. The van der Waals surface area contributed by atoms with E-state index in [1.807, 2.05) is 41.8 Å². The zero-order valence-corrected chi connectivity index (χ0v) is 9.73. The third-order valence-corrected chi connectivity index (χ3v) is 2.94. The first-order valence-electron chi connectivity index (χ1n) is 5.10. The molecule has 0 N–H and O–H groups in total. The van der Waals surface area contributed by atoms with Gasteiger partial charge in [-0.1, -0.05) is 43.0 Å². The van der Waals surface area contributed by atoms with Crippen LogP contribution in [0.5, 0.6) is 0 Å². The first-order chi connectivity index (χ1) is 7.92. The van der Waals surface area contributed by atoms with Crippen LogP contribution in [0.1, 0.15) is 0 Å². The smallest absolute Gasteiger partial charge is 0.0528 e. The highest BCUT2D eigenvalue weighted by Crippen LogP contribution is 2.32. The predicted molar refractivity (Wildman–Crippen MR) is 72.8 cm³/mol. The summed E-state index contributed by atoms with van der Waals surface area (Å²) in [5, 5.41) is 1.83. The Balaban J connectivity index is 2.35. The first kappa shape index (κ1) is 10.8. The Bertz CT molecular complexity index is 399. The molecule has 0 amide bonds. The molecule has 0 atom stereocenters. The molecule has 1 nitrogen and oxygen atoms in total. The van der Waals surface area contributed by atoms with Crippen molar-refractivity contribution in [2.45, 2.75) is 0 Å². The largest absolute Gasteiger partial charge is 0.281 e. The van der Waals surface area contributed by atoms with E-state index in [2.05, 4.69) is 35.1 Å². The maximum absolute atomic E-state index is 3.77. The van der Waals surface area contributed by atoms with Crippen LogP contribution in [0.15, 0.2) is 72.7 Å². The van der Waals surface area contributed by atoms with Crippen LogP contribution in [0.4, 0.5) is 11.4 Å². The second kappa shape index (κ2) is 5.42. The van der Waals surface area contributed by atoms with Crippen LogP contribution in [0.25, 0.3) is 0 Å². The van der Waals surface area contributed by atoms with Crippen molar-refractivity contribution in [3.63, 3.8) is 0 Å². The summed E-state index contributed by atoms with van der Waals surface area (Å²) in [5.41, 5.74) is 2.30. The van der Waals surface area contributed by atoms with Crippen LogP contribution in [-0.4, -0.2) is 0 Å². The number of para-hydroxylation sites is 2. The van der Waals surface area contributed by atoms with Crippen molar-refractivity contribution in [2.75, 3.05) is 4.31 Å². The standard InChI is InChI=1S/C14H13NS/c1-2-16-15(13-9-5-3-6-10-13)14-11-7-4-8-12-14/h2-12H,1H2. The van der Waals surface area contributed by atoms with Gasteiger partial charge < -0.3 is 0 Å². The minimum absolute atomic E-state index is 1.15. The quantitative estimate of drug-likeness (QED) is 0.701. The lowest BCUT2D eigenvalue weighted by Gasteiger charge is -2.21. The van der Waals surface area contributed by atoms with Crippen molar-refractivity contribution in [3.05, 3.63) is 72.7 Å². The third-order valence-electron chi connectivity index (χ3n) is 2.16. The fourth-order valence-corrected chi connectivity index (χ4v) is 2.11. The summed E-state index contributed by atoms with van der Waals surface area (Å²) in [6.45, 7) is 3.77. The van der Waals surface area contributed by atoms with E-state index in [0.29, 0.717) is 0 Å². The molecule has 0 aromatic heterocycles.